The van der Waals surface area contributed by atoms with E-state index in [-0.39, 0.29) is 11.8 Å². The van der Waals surface area contributed by atoms with Crippen LogP contribution in [-0.4, -0.2) is 11.8 Å². The molecule has 4 rings (SSSR count). The minimum absolute atomic E-state index is 0.363. The Kier molecular flexibility index (Phi) is 3.15. The van der Waals surface area contributed by atoms with E-state index in [0.29, 0.717) is 37.6 Å². The van der Waals surface area contributed by atoms with Gasteiger partial charge in [-0.15, -0.1) is 0 Å². The highest BCUT2D eigenvalue weighted by Crippen LogP contribution is 2.36. The number of carbonyl (C=O) groups excluding carboxylic acids is 2. The van der Waals surface area contributed by atoms with E-state index in [9.17, 15) is 9.59 Å². The second kappa shape index (κ2) is 5.08. The molecule has 0 spiro atoms. The number of anilines is 1. The van der Waals surface area contributed by atoms with E-state index in [1.54, 1.807) is 48.5 Å². The molecule has 1 heterocycles. The van der Waals surface area contributed by atoms with Crippen molar-refractivity contribution in [1.82, 2.24) is 0 Å². The molecule has 0 saturated carbocycles. The number of hydrogen-bond donors (Lipinski definition) is 0. The summed E-state index contributed by atoms with van der Waals surface area (Å²) in [5, 5.41) is 2.38. The van der Waals surface area contributed by atoms with Crippen LogP contribution in [0.3, 0.4) is 0 Å². The standard InChI is InChI=1S/C18H9Cl2NO2/c19-10-4-6-11(7-5-10)21-17(22)13-3-1-2-12-15(20)9-8-14(16(12)13)18(21)23/h1-9H. The molecular weight excluding hydrogens is 333 g/mol. The second-order valence-electron chi connectivity index (χ2n) is 5.25. The van der Waals surface area contributed by atoms with Crippen LogP contribution < -0.4 is 4.90 Å². The first-order valence-corrected chi connectivity index (χ1v) is 7.69. The molecule has 3 aromatic carbocycles. The summed E-state index contributed by atoms with van der Waals surface area (Å²) in [6.07, 6.45) is 0. The Labute approximate surface area is 142 Å². The molecule has 0 radical (unpaired) electrons. The van der Waals surface area contributed by atoms with Gasteiger partial charge in [0.15, 0.2) is 0 Å². The molecule has 23 heavy (non-hydrogen) atoms. The van der Waals surface area contributed by atoms with E-state index in [0.717, 1.165) is 0 Å². The van der Waals surface area contributed by atoms with Crippen LogP contribution in [0.15, 0.2) is 54.6 Å². The second-order valence-corrected chi connectivity index (χ2v) is 6.09. The molecule has 0 atom stereocenters. The molecule has 2 amide bonds. The first-order valence-electron chi connectivity index (χ1n) is 6.93. The van der Waals surface area contributed by atoms with Crippen molar-refractivity contribution in [3.63, 3.8) is 0 Å². The van der Waals surface area contributed by atoms with E-state index >= 15 is 0 Å². The first-order chi connectivity index (χ1) is 11.1. The maximum absolute atomic E-state index is 12.8. The lowest BCUT2D eigenvalue weighted by molar-refractivity contribution is 0.0893. The highest BCUT2D eigenvalue weighted by atomic mass is 35.5. The maximum atomic E-state index is 12.8. The van der Waals surface area contributed by atoms with Gasteiger partial charge in [0.1, 0.15) is 0 Å². The number of rotatable bonds is 1. The average Bonchev–Trinajstić information content (AvgIpc) is 2.56. The van der Waals surface area contributed by atoms with Gasteiger partial charge >= 0.3 is 0 Å². The van der Waals surface area contributed by atoms with Crippen LogP contribution in [0, 0.1) is 0 Å². The molecule has 0 N–H and O–H groups in total. The molecule has 3 nitrogen and oxygen atoms in total. The largest absolute Gasteiger partial charge is 0.268 e. The molecule has 5 heteroatoms. The minimum Gasteiger partial charge on any atom is -0.268 e. The van der Waals surface area contributed by atoms with E-state index in [2.05, 4.69) is 0 Å². The van der Waals surface area contributed by atoms with Gasteiger partial charge in [0, 0.05) is 31.9 Å². The number of imide groups is 1. The van der Waals surface area contributed by atoms with Gasteiger partial charge in [0.2, 0.25) is 0 Å². The van der Waals surface area contributed by atoms with Crippen molar-refractivity contribution in [1.29, 1.82) is 0 Å². The molecule has 1 aliphatic rings. The Bertz CT molecular complexity index is 958. The fraction of sp³-hybridized carbons (Fsp3) is 0. The summed E-state index contributed by atoms with van der Waals surface area (Å²) in [5.41, 5.74) is 1.42. The summed E-state index contributed by atoms with van der Waals surface area (Å²) in [6, 6.07) is 15.2. The zero-order chi connectivity index (χ0) is 16.1. The third-order valence-electron chi connectivity index (χ3n) is 3.94. The van der Waals surface area contributed by atoms with Crippen LogP contribution in [0.2, 0.25) is 10.0 Å². The number of benzene rings is 3. The molecular formula is C18H9Cl2NO2. The molecule has 0 bridgehead atoms. The van der Waals surface area contributed by atoms with Gasteiger partial charge in [0.05, 0.1) is 5.69 Å². The fourth-order valence-electron chi connectivity index (χ4n) is 2.89. The zero-order valence-electron chi connectivity index (χ0n) is 11.7. The Hall–Kier alpha value is -2.36. The van der Waals surface area contributed by atoms with E-state index in [4.69, 9.17) is 23.2 Å². The summed E-state index contributed by atoms with van der Waals surface area (Å²) in [4.78, 5) is 26.8. The number of halogens is 2. The fourth-order valence-corrected chi connectivity index (χ4v) is 3.23. The topological polar surface area (TPSA) is 37.4 Å². The SMILES string of the molecule is O=C1c2cccc3c(Cl)ccc(c23)C(=O)N1c1ccc(Cl)cc1. The summed E-state index contributed by atoms with van der Waals surface area (Å²) < 4.78 is 0. The monoisotopic (exact) mass is 341 g/mol. The van der Waals surface area contributed by atoms with Gasteiger partial charge in [0.25, 0.3) is 11.8 Å². The Morgan fingerprint density at radius 2 is 1.39 bits per heavy atom. The average molecular weight is 342 g/mol. The van der Waals surface area contributed by atoms with Crippen molar-refractivity contribution in [2.24, 2.45) is 0 Å². The van der Waals surface area contributed by atoms with Gasteiger partial charge in [-0.3, -0.25) is 9.59 Å². The maximum Gasteiger partial charge on any atom is 0.265 e. The lowest BCUT2D eigenvalue weighted by Gasteiger charge is -2.27. The van der Waals surface area contributed by atoms with Crippen molar-refractivity contribution in [3.05, 3.63) is 75.8 Å². The van der Waals surface area contributed by atoms with Gasteiger partial charge in [-0.1, -0.05) is 35.3 Å². The highest BCUT2D eigenvalue weighted by Gasteiger charge is 2.34. The third-order valence-corrected chi connectivity index (χ3v) is 4.52. The number of carbonyl (C=O) groups is 2. The van der Waals surface area contributed by atoms with Gasteiger partial charge < -0.3 is 0 Å². The van der Waals surface area contributed by atoms with Crippen LogP contribution in [0.25, 0.3) is 10.8 Å². The predicted octanol–water partition coefficient (Wildman–Crippen LogP) is 4.95. The number of hydrogen-bond acceptors (Lipinski definition) is 2. The van der Waals surface area contributed by atoms with Crippen LogP contribution in [0.1, 0.15) is 20.7 Å². The van der Waals surface area contributed by atoms with Crippen molar-refractivity contribution in [2.75, 3.05) is 4.90 Å². The molecule has 0 saturated heterocycles. The lowest BCUT2D eigenvalue weighted by atomic mass is 9.93. The molecule has 0 aliphatic carbocycles. The smallest absolute Gasteiger partial charge is 0.265 e. The molecule has 0 aromatic heterocycles. The quantitative estimate of drug-likeness (QED) is 0.587. The van der Waals surface area contributed by atoms with E-state index < -0.39 is 0 Å². The van der Waals surface area contributed by atoms with Crippen molar-refractivity contribution in [2.45, 2.75) is 0 Å². The summed E-state index contributed by atoms with van der Waals surface area (Å²) >= 11 is 12.1. The normalized spacial score (nSPS) is 13.7. The molecule has 1 aliphatic heterocycles. The number of amides is 2. The van der Waals surface area contributed by atoms with Gasteiger partial charge in [-0.25, -0.2) is 4.90 Å². The Balaban J connectivity index is 1.99. The van der Waals surface area contributed by atoms with Crippen LogP contribution in [-0.2, 0) is 0 Å². The molecule has 0 fully saturated rings. The zero-order valence-corrected chi connectivity index (χ0v) is 13.2. The third kappa shape index (κ3) is 2.05. The van der Waals surface area contributed by atoms with Gasteiger partial charge in [-0.05, 0) is 42.5 Å². The summed E-state index contributed by atoms with van der Waals surface area (Å²) in [6.45, 7) is 0. The predicted molar refractivity (Wildman–Crippen MR) is 91.6 cm³/mol. The Morgan fingerprint density at radius 3 is 2.09 bits per heavy atom. The van der Waals surface area contributed by atoms with Crippen LogP contribution >= 0.6 is 23.2 Å². The Morgan fingerprint density at radius 1 is 0.739 bits per heavy atom. The molecule has 112 valence electrons. The molecule has 0 unspecified atom stereocenters. The minimum atomic E-state index is -0.363. The van der Waals surface area contributed by atoms with E-state index in [1.165, 1.54) is 4.90 Å². The lowest BCUT2D eigenvalue weighted by Crippen LogP contribution is -2.40. The van der Waals surface area contributed by atoms with E-state index in [1.807, 2.05) is 6.07 Å². The number of nitrogens with zero attached hydrogens (tertiary/aromatic N) is 1. The first kappa shape index (κ1) is 14.2. The van der Waals surface area contributed by atoms with Gasteiger partial charge in [-0.2, -0.15) is 0 Å². The van der Waals surface area contributed by atoms with Crippen molar-refractivity contribution >= 4 is 51.5 Å². The summed E-state index contributed by atoms with van der Waals surface area (Å²) in [5.74, 6) is -0.727. The van der Waals surface area contributed by atoms with Crippen molar-refractivity contribution < 1.29 is 9.59 Å². The highest BCUT2D eigenvalue weighted by molar-refractivity contribution is 6.41. The van der Waals surface area contributed by atoms with Crippen LogP contribution in [0.4, 0.5) is 5.69 Å². The molecule has 3 aromatic rings. The summed E-state index contributed by atoms with van der Waals surface area (Å²) in [7, 11) is 0. The van der Waals surface area contributed by atoms with Crippen LogP contribution in [0.5, 0.6) is 0 Å². The van der Waals surface area contributed by atoms with Crippen molar-refractivity contribution in [3.8, 4) is 0 Å².